The van der Waals surface area contributed by atoms with Crippen molar-refractivity contribution >= 4 is 8.56 Å². The second kappa shape index (κ2) is 9.04. The topological polar surface area (TPSA) is 96.5 Å². The summed E-state index contributed by atoms with van der Waals surface area (Å²) in [6.45, 7) is 9.01. The molecule has 0 heterocycles. The summed E-state index contributed by atoms with van der Waals surface area (Å²) in [6.07, 6.45) is 5.47. The van der Waals surface area contributed by atoms with E-state index in [1.54, 1.807) is 0 Å². The van der Waals surface area contributed by atoms with Crippen LogP contribution < -0.4 is 17.2 Å². The first-order valence-corrected chi connectivity index (χ1v) is 9.93. The molecule has 6 heteroatoms. The van der Waals surface area contributed by atoms with Crippen LogP contribution in [-0.4, -0.2) is 27.1 Å². The Morgan fingerprint density at radius 2 is 1.79 bits per heavy atom. The molecular formula is C13H33N3O2Si. The van der Waals surface area contributed by atoms with Crippen LogP contribution in [0.3, 0.4) is 0 Å². The van der Waals surface area contributed by atoms with Gasteiger partial charge in [-0.2, -0.15) is 0 Å². The molecule has 0 aliphatic carbocycles. The van der Waals surface area contributed by atoms with Crippen LogP contribution >= 0.6 is 0 Å². The highest BCUT2D eigenvalue weighted by molar-refractivity contribution is 6.66. The highest BCUT2D eigenvalue weighted by atomic mass is 28.4. The molecule has 5 nitrogen and oxygen atoms in total. The van der Waals surface area contributed by atoms with Crippen molar-refractivity contribution in [2.75, 3.05) is 6.61 Å². The largest absolute Gasteiger partial charge is 0.395 e. The van der Waals surface area contributed by atoms with Gasteiger partial charge >= 0.3 is 8.56 Å². The van der Waals surface area contributed by atoms with Crippen LogP contribution in [0.4, 0.5) is 0 Å². The zero-order chi connectivity index (χ0) is 14.9. The third kappa shape index (κ3) is 10.5. The van der Waals surface area contributed by atoms with Gasteiger partial charge in [-0.05, 0) is 39.3 Å². The number of nitrogens with two attached hydrogens (primary N) is 3. The number of hydrogen-bond donors (Lipinski definition) is 3. The fourth-order valence-electron chi connectivity index (χ4n) is 2.08. The van der Waals surface area contributed by atoms with Gasteiger partial charge in [-0.1, -0.05) is 26.2 Å². The number of rotatable bonds is 11. The molecule has 0 aliphatic rings. The second-order valence-corrected chi connectivity index (χ2v) is 8.90. The van der Waals surface area contributed by atoms with Crippen molar-refractivity contribution < 1.29 is 8.85 Å². The van der Waals surface area contributed by atoms with Crippen molar-refractivity contribution in [2.24, 2.45) is 17.2 Å². The maximum absolute atomic E-state index is 6.17. The molecule has 0 aromatic heterocycles. The first-order valence-electron chi connectivity index (χ1n) is 7.41. The molecule has 19 heavy (non-hydrogen) atoms. The summed E-state index contributed by atoms with van der Waals surface area (Å²) in [5.41, 5.74) is 16.9. The van der Waals surface area contributed by atoms with E-state index >= 15 is 0 Å². The zero-order valence-electron chi connectivity index (χ0n) is 13.1. The van der Waals surface area contributed by atoms with Gasteiger partial charge in [-0.25, -0.2) is 0 Å². The molecule has 0 rings (SSSR count). The SMILES string of the molecule is CCCCCC(C)O[Si](C)(CCC(N)(N)N)OCC. The molecule has 116 valence electrons. The van der Waals surface area contributed by atoms with E-state index in [9.17, 15) is 0 Å². The predicted molar refractivity (Wildman–Crippen MR) is 82.7 cm³/mol. The maximum atomic E-state index is 6.17. The summed E-state index contributed by atoms with van der Waals surface area (Å²) < 4.78 is 12.0. The van der Waals surface area contributed by atoms with Crippen LogP contribution in [0.5, 0.6) is 0 Å². The third-order valence-electron chi connectivity index (χ3n) is 3.13. The molecule has 0 radical (unpaired) electrons. The van der Waals surface area contributed by atoms with Crippen LogP contribution in [0.2, 0.25) is 12.6 Å². The lowest BCUT2D eigenvalue weighted by Gasteiger charge is -2.32. The first-order chi connectivity index (χ1) is 8.72. The van der Waals surface area contributed by atoms with Gasteiger partial charge < -0.3 is 26.1 Å². The number of unbranched alkanes of at least 4 members (excludes halogenated alkanes) is 2. The Morgan fingerprint density at radius 1 is 1.16 bits per heavy atom. The van der Waals surface area contributed by atoms with Crippen molar-refractivity contribution in [2.45, 2.75) is 77.4 Å². The summed E-state index contributed by atoms with van der Waals surface area (Å²) in [5, 5.41) is 0. The summed E-state index contributed by atoms with van der Waals surface area (Å²) in [4.78, 5) is 0. The second-order valence-electron chi connectivity index (χ2n) is 5.60. The van der Waals surface area contributed by atoms with Gasteiger partial charge in [0.1, 0.15) is 5.79 Å². The van der Waals surface area contributed by atoms with Gasteiger partial charge in [-0.3, -0.25) is 0 Å². The lowest BCUT2D eigenvalue weighted by Crippen LogP contribution is -2.59. The quantitative estimate of drug-likeness (QED) is 0.307. The molecule has 2 unspecified atom stereocenters. The van der Waals surface area contributed by atoms with E-state index in [0.29, 0.717) is 13.0 Å². The minimum atomic E-state index is -2.22. The van der Waals surface area contributed by atoms with Gasteiger partial charge in [-0.15, -0.1) is 0 Å². The van der Waals surface area contributed by atoms with E-state index in [-0.39, 0.29) is 6.10 Å². The Balaban J connectivity index is 4.27. The van der Waals surface area contributed by atoms with E-state index in [0.717, 1.165) is 12.5 Å². The van der Waals surface area contributed by atoms with Crippen molar-refractivity contribution in [3.05, 3.63) is 0 Å². The lowest BCUT2D eigenvalue weighted by molar-refractivity contribution is 0.121. The average molecular weight is 292 g/mol. The standard InChI is InChI=1S/C13H33N3O2Si/c1-5-7-8-9-12(3)18-19(4,17-6-2)11-10-13(14,15)16/h12H,5-11,14-16H2,1-4H3. The Hall–Kier alpha value is 0.0169. The van der Waals surface area contributed by atoms with Crippen LogP contribution in [-0.2, 0) is 8.85 Å². The fourth-order valence-corrected chi connectivity index (χ4v) is 4.88. The maximum Gasteiger partial charge on any atom is 0.335 e. The molecule has 0 saturated carbocycles. The lowest BCUT2D eigenvalue weighted by atomic mass is 10.1. The van der Waals surface area contributed by atoms with E-state index < -0.39 is 14.3 Å². The van der Waals surface area contributed by atoms with E-state index in [2.05, 4.69) is 20.4 Å². The van der Waals surface area contributed by atoms with Gasteiger partial charge in [0.05, 0.1) is 0 Å². The van der Waals surface area contributed by atoms with Gasteiger partial charge in [0.2, 0.25) is 0 Å². The molecule has 0 bridgehead atoms. The summed E-state index contributed by atoms with van der Waals surface area (Å²) in [7, 11) is -2.22. The monoisotopic (exact) mass is 291 g/mol. The van der Waals surface area contributed by atoms with Crippen LogP contribution in [0.25, 0.3) is 0 Å². The smallest absolute Gasteiger partial charge is 0.335 e. The molecule has 0 aromatic rings. The van der Waals surface area contributed by atoms with Crippen LogP contribution in [0.1, 0.15) is 52.9 Å². The summed E-state index contributed by atoms with van der Waals surface area (Å²) in [5.74, 6) is -1.14. The first kappa shape index (κ1) is 19.0. The molecule has 6 N–H and O–H groups in total. The predicted octanol–water partition coefficient (Wildman–Crippen LogP) is 2.00. The molecule has 0 aromatic carbocycles. The van der Waals surface area contributed by atoms with Crippen LogP contribution in [0, 0.1) is 0 Å². The van der Waals surface area contributed by atoms with Gasteiger partial charge in [0.15, 0.2) is 0 Å². The molecule has 0 amide bonds. The van der Waals surface area contributed by atoms with Crippen LogP contribution in [0.15, 0.2) is 0 Å². The van der Waals surface area contributed by atoms with E-state index in [1.807, 2.05) is 6.92 Å². The van der Waals surface area contributed by atoms with Crippen molar-refractivity contribution in [1.29, 1.82) is 0 Å². The highest BCUT2D eigenvalue weighted by Crippen LogP contribution is 2.21. The van der Waals surface area contributed by atoms with E-state index in [1.165, 1.54) is 19.3 Å². The minimum Gasteiger partial charge on any atom is -0.395 e. The summed E-state index contributed by atoms with van der Waals surface area (Å²) in [6, 6.07) is 0.725. The molecule has 0 aliphatic heterocycles. The van der Waals surface area contributed by atoms with Crippen molar-refractivity contribution in [3.63, 3.8) is 0 Å². The molecule has 0 saturated heterocycles. The number of hydrogen-bond acceptors (Lipinski definition) is 5. The van der Waals surface area contributed by atoms with E-state index in [4.69, 9.17) is 26.1 Å². The fraction of sp³-hybridized carbons (Fsp3) is 1.00. The minimum absolute atomic E-state index is 0.220. The van der Waals surface area contributed by atoms with Crippen molar-refractivity contribution in [3.8, 4) is 0 Å². The zero-order valence-corrected chi connectivity index (χ0v) is 14.1. The molecule has 0 spiro atoms. The Labute approximate surface area is 119 Å². The molecular weight excluding hydrogens is 258 g/mol. The molecule has 2 atom stereocenters. The normalized spacial score (nSPS) is 17.2. The molecule has 0 fully saturated rings. The average Bonchev–Trinajstić information content (AvgIpc) is 2.26. The van der Waals surface area contributed by atoms with Gasteiger partial charge in [0, 0.05) is 12.7 Å². The summed E-state index contributed by atoms with van der Waals surface area (Å²) >= 11 is 0. The Bertz CT molecular complexity index is 236. The Kier molecular flexibility index (Phi) is 9.05. The Morgan fingerprint density at radius 3 is 2.26 bits per heavy atom. The highest BCUT2D eigenvalue weighted by Gasteiger charge is 2.34. The van der Waals surface area contributed by atoms with Gasteiger partial charge in [0.25, 0.3) is 0 Å². The third-order valence-corrected chi connectivity index (χ3v) is 6.09. The van der Waals surface area contributed by atoms with Crippen molar-refractivity contribution in [1.82, 2.24) is 0 Å².